The Morgan fingerprint density at radius 1 is 1.19 bits per heavy atom. The van der Waals surface area contributed by atoms with E-state index >= 15 is 0 Å². The van der Waals surface area contributed by atoms with E-state index in [1.165, 1.54) is 11.1 Å². The predicted octanol–water partition coefficient (Wildman–Crippen LogP) is 4.46. The van der Waals surface area contributed by atoms with Gasteiger partial charge in [0, 0.05) is 17.2 Å². The van der Waals surface area contributed by atoms with E-state index in [0.717, 1.165) is 12.2 Å². The number of alkyl halides is 2. The molecule has 0 aliphatic rings. The number of thioether (sulfide) groups is 1. The lowest BCUT2D eigenvalue weighted by Crippen LogP contribution is -2.32. The van der Waals surface area contributed by atoms with Crippen LogP contribution in [0, 0.1) is 6.92 Å². The molecule has 0 unspecified atom stereocenters. The molecule has 0 saturated heterocycles. The maximum absolute atomic E-state index is 6.17. The highest BCUT2D eigenvalue weighted by atomic mass is 35.5. The van der Waals surface area contributed by atoms with Crippen LogP contribution in [0.4, 0.5) is 0 Å². The molecule has 0 bridgehead atoms. The van der Waals surface area contributed by atoms with Crippen LogP contribution in [0.1, 0.15) is 17.5 Å². The molecule has 0 nitrogen and oxygen atoms in total. The van der Waals surface area contributed by atoms with Gasteiger partial charge in [0.1, 0.15) is 0 Å². The fraction of sp³-hybridized carbons (Fsp3) is 0.538. The first-order valence-corrected chi connectivity index (χ1v) is 7.83. The second kappa shape index (κ2) is 6.78. The lowest BCUT2D eigenvalue weighted by atomic mass is 9.79. The summed E-state index contributed by atoms with van der Waals surface area (Å²) in [5, 5.41) is 0. The molecule has 0 N–H and O–H groups in total. The summed E-state index contributed by atoms with van der Waals surface area (Å²) in [6, 6.07) is 8.40. The third kappa shape index (κ3) is 3.09. The van der Waals surface area contributed by atoms with Crippen molar-refractivity contribution in [2.24, 2.45) is 0 Å². The average Bonchev–Trinajstić information content (AvgIpc) is 2.33. The molecule has 0 aliphatic heterocycles. The van der Waals surface area contributed by atoms with Crippen LogP contribution < -0.4 is 0 Å². The molecule has 0 fully saturated rings. The fourth-order valence-electron chi connectivity index (χ4n) is 1.91. The van der Waals surface area contributed by atoms with Gasteiger partial charge in [-0.15, -0.1) is 23.2 Å². The maximum atomic E-state index is 6.17. The Morgan fingerprint density at radius 2 is 1.81 bits per heavy atom. The summed E-state index contributed by atoms with van der Waals surface area (Å²) in [4.78, 5) is 0. The van der Waals surface area contributed by atoms with Crippen LogP contribution in [-0.4, -0.2) is 23.8 Å². The summed E-state index contributed by atoms with van der Waals surface area (Å²) >= 11 is 14.2. The summed E-state index contributed by atoms with van der Waals surface area (Å²) in [5.41, 5.74) is 2.51. The molecular weight excluding hydrogens is 259 g/mol. The number of hydrogen-bond acceptors (Lipinski definition) is 1. The first kappa shape index (κ1) is 14.2. The van der Waals surface area contributed by atoms with Crippen molar-refractivity contribution in [3.63, 3.8) is 0 Å². The van der Waals surface area contributed by atoms with Gasteiger partial charge in [-0.25, -0.2) is 0 Å². The second-order valence-corrected chi connectivity index (χ2v) is 5.63. The molecule has 0 atom stereocenters. The molecule has 90 valence electrons. The lowest BCUT2D eigenvalue weighted by molar-refractivity contribution is 0.521. The van der Waals surface area contributed by atoms with E-state index in [1.54, 1.807) is 0 Å². The van der Waals surface area contributed by atoms with Gasteiger partial charge in [-0.1, -0.05) is 24.3 Å². The maximum Gasteiger partial charge on any atom is 0.0332 e. The van der Waals surface area contributed by atoms with E-state index in [2.05, 4.69) is 37.4 Å². The minimum Gasteiger partial charge on any atom is -0.165 e. The number of hydrogen-bond donors (Lipinski definition) is 0. The molecule has 0 saturated carbocycles. The second-order valence-electron chi connectivity index (χ2n) is 4.11. The Bertz CT molecular complexity index is 321. The first-order valence-electron chi connectivity index (χ1n) is 5.37. The Balaban J connectivity index is 3.05. The Morgan fingerprint density at radius 3 is 2.31 bits per heavy atom. The van der Waals surface area contributed by atoms with Crippen molar-refractivity contribution >= 4 is 35.0 Å². The van der Waals surface area contributed by atoms with E-state index in [1.807, 2.05) is 11.8 Å². The Labute approximate surface area is 113 Å². The average molecular weight is 277 g/mol. The van der Waals surface area contributed by atoms with E-state index in [4.69, 9.17) is 23.2 Å². The first-order chi connectivity index (χ1) is 7.70. The van der Waals surface area contributed by atoms with Crippen LogP contribution >= 0.6 is 35.0 Å². The SMILES string of the molecule is CSCCC(CCl)(CCl)c1ccccc1C. The van der Waals surface area contributed by atoms with E-state index in [0.29, 0.717) is 11.8 Å². The van der Waals surface area contributed by atoms with Crippen LogP contribution in [0.3, 0.4) is 0 Å². The standard InChI is InChI=1S/C13H18Cl2S/c1-11-5-3-4-6-12(11)13(9-14,10-15)7-8-16-2/h3-6H,7-10H2,1-2H3. The topological polar surface area (TPSA) is 0 Å². The highest BCUT2D eigenvalue weighted by Gasteiger charge is 2.31. The molecule has 0 aromatic heterocycles. The molecule has 0 radical (unpaired) electrons. The van der Waals surface area contributed by atoms with Crippen LogP contribution in [-0.2, 0) is 5.41 Å². The number of benzene rings is 1. The molecule has 1 aromatic rings. The van der Waals surface area contributed by atoms with Gasteiger partial charge in [0.15, 0.2) is 0 Å². The van der Waals surface area contributed by atoms with Gasteiger partial charge in [-0.05, 0) is 36.5 Å². The van der Waals surface area contributed by atoms with Crippen molar-refractivity contribution in [2.45, 2.75) is 18.8 Å². The van der Waals surface area contributed by atoms with Crippen molar-refractivity contribution in [1.29, 1.82) is 0 Å². The Kier molecular flexibility index (Phi) is 6.02. The predicted molar refractivity (Wildman–Crippen MR) is 77.3 cm³/mol. The molecule has 16 heavy (non-hydrogen) atoms. The minimum absolute atomic E-state index is 0.0720. The van der Waals surface area contributed by atoms with Crippen molar-refractivity contribution in [1.82, 2.24) is 0 Å². The lowest BCUT2D eigenvalue weighted by Gasteiger charge is -2.31. The highest BCUT2D eigenvalue weighted by Crippen LogP contribution is 2.34. The van der Waals surface area contributed by atoms with Crippen LogP contribution in [0.2, 0.25) is 0 Å². The van der Waals surface area contributed by atoms with Crippen LogP contribution in [0.25, 0.3) is 0 Å². The summed E-state index contributed by atoms with van der Waals surface area (Å²) in [5.74, 6) is 2.26. The van der Waals surface area contributed by atoms with Gasteiger partial charge in [-0.3, -0.25) is 0 Å². The summed E-state index contributed by atoms with van der Waals surface area (Å²) < 4.78 is 0. The van der Waals surface area contributed by atoms with E-state index in [9.17, 15) is 0 Å². The van der Waals surface area contributed by atoms with Gasteiger partial charge in [0.2, 0.25) is 0 Å². The summed E-state index contributed by atoms with van der Waals surface area (Å²) in [7, 11) is 0. The quantitative estimate of drug-likeness (QED) is 0.692. The normalized spacial score (nSPS) is 11.8. The zero-order valence-electron chi connectivity index (χ0n) is 9.80. The zero-order chi connectivity index (χ0) is 12.0. The van der Waals surface area contributed by atoms with E-state index in [-0.39, 0.29) is 5.41 Å². The summed E-state index contributed by atoms with van der Waals surface area (Å²) in [6.07, 6.45) is 3.15. The largest absolute Gasteiger partial charge is 0.165 e. The summed E-state index contributed by atoms with van der Waals surface area (Å²) in [6.45, 7) is 2.13. The third-order valence-electron chi connectivity index (χ3n) is 3.01. The molecule has 1 aromatic carbocycles. The smallest absolute Gasteiger partial charge is 0.0332 e. The van der Waals surface area contributed by atoms with Gasteiger partial charge in [-0.2, -0.15) is 11.8 Å². The van der Waals surface area contributed by atoms with Crippen molar-refractivity contribution in [2.75, 3.05) is 23.8 Å². The van der Waals surface area contributed by atoms with Gasteiger partial charge < -0.3 is 0 Å². The third-order valence-corrected chi connectivity index (χ3v) is 4.65. The number of aryl methyl sites for hydroxylation is 1. The van der Waals surface area contributed by atoms with Crippen molar-refractivity contribution in [3.05, 3.63) is 35.4 Å². The zero-order valence-corrected chi connectivity index (χ0v) is 12.1. The molecule has 0 spiro atoms. The highest BCUT2D eigenvalue weighted by molar-refractivity contribution is 7.98. The van der Waals surface area contributed by atoms with Gasteiger partial charge in [0.05, 0.1) is 0 Å². The van der Waals surface area contributed by atoms with Gasteiger partial charge >= 0.3 is 0 Å². The monoisotopic (exact) mass is 276 g/mol. The molecule has 0 heterocycles. The number of rotatable bonds is 6. The van der Waals surface area contributed by atoms with Crippen molar-refractivity contribution < 1.29 is 0 Å². The molecule has 0 aliphatic carbocycles. The van der Waals surface area contributed by atoms with Crippen LogP contribution in [0.15, 0.2) is 24.3 Å². The molecular formula is C13H18Cl2S. The fourth-order valence-corrected chi connectivity index (χ4v) is 3.35. The van der Waals surface area contributed by atoms with Crippen molar-refractivity contribution in [3.8, 4) is 0 Å². The minimum atomic E-state index is -0.0720. The molecule has 0 amide bonds. The number of halogens is 2. The van der Waals surface area contributed by atoms with Gasteiger partial charge in [0.25, 0.3) is 0 Å². The molecule has 3 heteroatoms. The van der Waals surface area contributed by atoms with E-state index < -0.39 is 0 Å². The van der Waals surface area contributed by atoms with Crippen LogP contribution in [0.5, 0.6) is 0 Å². The molecule has 1 rings (SSSR count). The Hall–Kier alpha value is 0.150.